The van der Waals surface area contributed by atoms with Crippen LogP contribution in [0.3, 0.4) is 0 Å². The molecular formula is C16H16F3NO3. The van der Waals surface area contributed by atoms with Gasteiger partial charge >= 0.3 is 12.1 Å². The van der Waals surface area contributed by atoms with Gasteiger partial charge < -0.3 is 10.4 Å². The first kappa shape index (κ1) is 15.8. The van der Waals surface area contributed by atoms with E-state index in [0.29, 0.717) is 6.42 Å². The molecule has 2 N–H and O–H groups in total. The van der Waals surface area contributed by atoms with Crippen molar-refractivity contribution in [1.82, 2.24) is 5.32 Å². The van der Waals surface area contributed by atoms with Crippen molar-refractivity contribution in [2.24, 2.45) is 5.92 Å². The number of nitrogens with one attached hydrogen (secondary N) is 1. The largest absolute Gasteiger partial charge is 0.480 e. The van der Waals surface area contributed by atoms with Crippen LogP contribution in [-0.2, 0) is 21.4 Å². The second kappa shape index (κ2) is 5.25. The molecule has 0 heterocycles. The van der Waals surface area contributed by atoms with E-state index in [0.717, 1.165) is 24.0 Å². The van der Waals surface area contributed by atoms with Crippen LogP contribution in [-0.4, -0.2) is 29.2 Å². The Morgan fingerprint density at radius 2 is 2.04 bits per heavy atom. The van der Waals surface area contributed by atoms with Crippen molar-refractivity contribution in [2.45, 2.75) is 43.3 Å². The number of carbonyl (C=O) groups excluding carboxylic acids is 1. The molecule has 0 aliphatic heterocycles. The van der Waals surface area contributed by atoms with Crippen LogP contribution in [0.15, 0.2) is 24.3 Å². The number of carboxylic acids is 1. The van der Waals surface area contributed by atoms with Crippen molar-refractivity contribution in [2.75, 3.05) is 0 Å². The predicted molar refractivity (Wildman–Crippen MR) is 74.8 cm³/mol. The summed E-state index contributed by atoms with van der Waals surface area (Å²) in [5.74, 6) is -2.71. The van der Waals surface area contributed by atoms with E-state index in [2.05, 4.69) is 5.32 Å². The highest BCUT2D eigenvalue weighted by molar-refractivity contribution is 5.89. The molecule has 0 aromatic heterocycles. The van der Waals surface area contributed by atoms with Crippen LogP contribution in [0.25, 0.3) is 0 Å². The van der Waals surface area contributed by atoms with Crippen LogP contribution in [0, 0.1) is 5.92 Å². The van der Waals surface area contributed by atoms with Crippen LogP contribution in [0.5, 0.6) is 0 Å². The molecule has 0 bridgehead atoms. The van der Waals surface area contributed by atoms with Gasteiger partial charge in [-0.1, -0.05) is 24.3 Å². The van der Waals surface area contributed by atoms with Gasteiger partial charge in [-0.15, -0.1) is 0 Å². The maximum atomic E-state index is 12.4. The van der Waals surface area contributed by atoms with Crippen LogP contribution in [0.2, 0.25) is 0 Å². The third-order valence-corrected chi connectivity index (χ3v) is 4.84. The summed E-state index contributed by atoms with van der Waals surface area (Å²) in [4.78, 5) is 23.2. The zero-order chi connectivity index (χ0) is 16.8. The Kier molecular flexibility index (Phi) is 3.61. The molecule has 23 heavy (non-hydrogen) atoms. The first-order valence-corrected chi connectivity index (χ1v) is 7.41. The third kappa shape index (κ3) is 2.92. The summed E-state index contributed by atoms with van der Waals surface area (Å²) in [6.07, 6.45) is -4.03. The van der Waals surface area contributed by atoms with Gasteiger partial charge in [-0.2, -0.15) is 13.2 Å². The fraction of sp³-hybridized carbons (Fsp3) is 0.500. The lowest BCUT2D eigenvalue weighted by molar-refractivity contribution is -0.160. The lowest BCUT2D eigenvalue weighted by Crippen LogP contribution is -2.44. The monoisotopic (exact) mass is 327 g/mol. The van der Waals surface area contributed by atoms with E-state index in [-0.39, 0.29) is 5.41 Å². The Labute approximate surface area is 130 Å². The first-order chi connectivity index (χ1) is 10.7. The smallest absolute Gasteiger partial charge is 0.391 e. The lowest BCUT2D eigenvalue weighted by atomic mass is 9.95. The zero-order valence-corrected chi connectivity index (χ0v) is 12.2. The summed E-state index contributed by atoms with van der Waals surface area (Å²) in [6, 6.07) is 5.79. The normalized spacial score (nSPS) is 26.7. The van der Waals surface area contributed by atoms with E-state index in [1.165, 1.54) is 0 Å². The number of alkyl halides is 3. The summed E-state index contributed by atoms with van der Waals surface area (Å²) < 4.78 is 37.2. The molecule has 3 unspecified atom stereocenters. The number of carbonyl (C=O) groups is 2. The van der Waals surface area contributed by atoms with Gasteiger partial charge in [0.05, 0.1) is 6.42 Å². The van der Waals surface area contributed by atoms with E-state index in [1.54, 1.807) is 0 Å². The summed E-state index contributed by atoms with van der Waals surface area (Å²) in [5.41, 5.74) is 1.91. The number of benzene rings is 1. The van der Waals surface area contributed by atoms with Crippen LogP contribution in [0.4, 0.5) is 13.2 Å². The highest BCUT2D eigenvalue weighted by Gasteiger charge is 2.61. The van der Waals surface area contributed by atoms with E-state index >= 15 is 0 Å². The maximum Gasteiger partial charge on any atom is 0.391 e. The lowest BCUT2D eigenvalue weighted by Gasteiger charge is -2.17. The average Bonchev–Trinajstić information content (AvgIpc) is 3.07. The Bertz CT molecular complexity index is 658. The second-order valence-corrected chi connectivity index (χ2v) is 6.29. The highest BCUT2D eigenvalue weighted by atomic mass is 19.4. The fourth-order valence-electron chi connectivity index (χ4n) is 3.64. The van der Waals surface area contributed by atoms with Gasteiger partial charge in [-0.05, 0) is 30.4 Å². The Morgan fingerprint density at radius 3 is 2.70 bits per heavy atom. The average molecular weight is 327 g/mol. The zero-order valence-electron chi connectivity index (χ0n) is 12.2. The van der Waals surface area contributed by atoms with Gasteiger partial charge in [0.15, 0.2) is 0 Å². The summed E-state index contributed by atoms with van der Waals surface area (Å²) >= 11 is 0. The molecule has 1 aromatic rings. The quantitative estimate of drug-likeness (QED) is 0.892. The van der Waals surface area contributed by atoms with Crippen molar-refractivity contribution >= 4 is 11.9 Å². The van der Waals surface area contributed by atoms with Crippen molar-refractivity contribution in [3.63, 3.8) is 0 Å². The van der Waals surface area contributed by atoms with Gasteiger partial charge in [0.25, 0.3) is 0 Å². The molecule has 1 saturated carbocycles. The molecule has 0 radical (unpaired) electrons. The Balaban J connectivity index is 1.70. The van der Waals surface area contributed by atoms with Crippen molar-refractivity contribution in [1.29, 1.82) is 0 Å². The molecule has 4 nitrogen and oxygen atoms in total. The summed E-state index contributed by atoms with van der Waals surface area (Å²) in [7, 11) is 0. The molecule has 1 spiro atoms. The topological polar surface area (TPSA) is 66.4 Å². The van der Waals surface area contributed by atoms with Crippen LogP contribution < -0.4 is 5.32 Å². The number of fused-ring (bicyclic) bond motifs is 2. The number of hydrogen-bond donors (Lipinski definition) is 2. The molecule has 7 heteroatoms. The van der Waals surface area contributed by atoms with Gasteiger partial charge in [0.1, 0.15) is 6.04 Å². The molecule has 1 aromatic carbocycles. The van der Waals surface area contributed by atoms with E-state index in [1.807, 2.05) is 24.3 Å². The minimum absolute atomic E-state index is 0.317. The first-order valence-electron chi connectivity index (χ1n) is 7.41. The minimum atomic E-state index is -4.64. The predicted octanol–water partition coefficient (Wildman–Crippen LogP) is 2.41. The number of hydrogen-bond acceptors (Lipinski definition) is 2. The maximum absolute atomic E-state index is 12.4. The molecule has 0 saturated heterocycles. The number of halogens is 3. The van der Waals surface area contributed by atoms with Crippen molar-refractivity contribution < 1.29 is 27.9 Å². The Hall–Kier alpha value is -2.05. The Morgan fingerprint density at radius 1 is 1.35 bits per heavy atom. The van der Waals surface area contributed by atoms with Gasteiger partial charge in [0, 0.05) is 11.3 Å². The minimum Gasteiger partial charge on any atom is -0.480 e. The SMILES string of the molecule is O=C(O)C(CC(F)(F)F)NC(=O)C1CC12CCc1ccccc12. The molecule has 2 aliphatic rings. The number of amides is 1. The number of aliphatic carboxylic acids is 1. The van der Waals surface area contributed by atoms with Gasteiger partial charge in [-0.3, -0.25) is 4.79 Å². The van der Waals surface area contributed by atoms with Gasteiger partial charge in [0.2, 0.25) is 5.91 Å². The number of aryl methyl sites for hydroxylation is 1. The summed E-state index contributed by atoms with van der Waals surface area (Å²) in [6.45, 7) is 0. The number of rotatable bonds is 4. The fourth-order valence-corrected chi connectivity index (χ4v) is 3.64. The molecule has 3 rings (SSSR count). The van der Waals surface area contributed by atoms with Crippen LogP contribution >= 0.6 is 0 Å². The molecular weight excluding hydrogens is 311 g/mol. The van der Waals surface area contributed by atoms with E-state index in [9.17, 15) is 22.8 Å². The van der Waals surface area contributed by atoms with E-state index < -0.39 is 36.4 Å². The molecule has 2 aliphatic carbocycles. The van der Waals surface area contributed by atoms with Crippen molar-refractivity contribution in [3.8, 4) is 0 Å². The molecule has 3 atom stereocenters. The van der Waals surface area contributed by atoms with Crippen LogP contribution in [0.1, 0.15) is 30.4 Å². The van der Waals surface area contributed by atoms with E-state index in [4.69, 9.17) is 5.11 Å². The molecule has 124 valence electrons. The molecule has 1 amide bonds. The third-order valence-electron chi connectivity index (χ3n) is 4.84. The van der Waals surface area contributed by atoms with Crippen molar-refractivity contribution in [3.05, 3.63) is 35.4 Å². The standard InChI is InChI=1S/C16H16F3NO3/c17-16(18,19)8-12(14(22)23)20-13(21)11-7-15(11)6-5-9-3-1-2-4-10(9)15/h1-4,11-12H,5-8H2,(H,20,21)(H,22,23). The highest BCUT2D eigenvalue weighted by Crippen LogP contribution is 2.61. The van der Waals surface area contributed by atoms with Gasteiger partial charge in [-0.25, -0.2) is 4.79 Å². The number of carboxylic acid groups (broad SMARTS) is 1. The second-order valence-electron chi connectivity index (χ2n) is 6.29. The summed E-state index contributed by atoms with van der Waals surface area (Å²) in [5, 5.41) is 10.9. The molecule has 1 fully saturated rings.